The Morgan fingerprint density at radius 2 is 2.22 bits per heavy atom. The summed E-state index contributed by atoms with van der Waals surface area (Å²) in [6, 6.07) is 0.0228. The van der Waals surface area contributed by atoms with E-state index in [9.17, 15) is 9.59 Å². The fourth-order valence-electron chi connectivity index (χ4n) is 2.62. The Balaban J connectivity index is 0.00000162. The molecule has 1 unspecified atom stereocenters. The summed E-state index contributed by atoms with van der Waals surface area (Å²) in [7, 11) is 0. The molecule has 2 N–H and O–H groups in total. The predicted octanol–water partition coefficient (Wildman–Crippen LogP) is 0.287. The molecule has 2 atom stereocenters. The zero-order valence-electron chi connectivity index (χ0n) is 10.8. The van der Waals surface area contributed by atoms with Gasteiger partial charge in [0.1, 0.15) is 6.04 Å². The van der Waals surface area contributed by atoms with Crippen LogP contribution in [0.2, 0.25) is 0 Å². The van der Waals surface area contributed by atoms with Crippen molar-refractivity contribution < 1.29 is 9.59 Å². The van der Waals surface area contributed by atoms with Crippen molar-refractivity contribution in [1.82, 2.24) is 15.5 Å². The van der Waals surface area contributed by atoms with Gasteiger partial charge in [0.15, 0.2) is 0 Å². The van der Waals surface area contributed by atoms with Gasteiger partial charge in [-0.2, -0.15) is 0 Å². The highest BCUT2D eigenvalue weighted by molar-refractivity contribution is 5.91. The molecule has 2 amide bonds. The molecule has 2 aliphatic rings. The van der Waals surface area contributed by atoms with E-state index in [2.05, 4.69) is 17.6 Å². The Hall–Kier alpha value is -0.810. The monoisotopic (exact) mass is 275 g/mol. The first-order chi connectivity index (χ1) is 8.22. The van der Waals surface area contributed by atoms with Crippen molar-refractivity contribution in [1.29, 1.82) is 0 Å². The van der Waals surface area contributed by atoms with Gasteiger partial charge in [0.25, 0.3) is 0 Å². The van der Waals surface area contributed by atoms with Crippen molar-refractivity contribution in [3.8, 4) is 0 Å². The second kappa shape index (κ2) is 6.95. The molecule has 104 valence electrons. The molecule has 0 radical (unpaired) electrons. The molecule has 2 rings (SSSR count). The highest BCUT2D eigenvalue weighted by Gasteiger charge is 2.34. The Kier molecular flexibility index (Phi) is 5.88. The third kappa shape index (κ3) is 3.36. The van der Waals surface area contributed by atoms with Gasteiger partial charge in [0, 0.05) is 25.6 Å². The van der Waals surface area contributed by atoms with Crippen molar-refractivity contribution in [3.05, 3.63) is 0 Å². The van der Waals surface area contributed by atoms with Gasteiger partial charge in [0.05, 0.1) is 0 Å². The molecule has 5 nitrogen and oxygen atoms in total. The first-order valence-corrected chi connectivity index (χ1v) is 6.53. The van der Waals surface area contributed by atoms with Gasteiger partial charge in [-0.25, -0.2) is 0 Å². The lowest BCUT2D eigenvalue weighted by Gasteiger charge is -2.30. The van der Waals surface area contributed by atoms with Crippen LogP contribution in [-0.2, 0) is 9.59 Å². The van der Waals surface area contributed by atoms with Gasteiger partial charge in [-0.1, -0.05) is 6.92 Å². The highest BCUT2D eigenvalue weighted by Crippen LogP contribution is 2.15. The summed E-state index contributed by atoms with van der Waals surface area (Å²) in [5.41, 5.74) is 0. The number of carbonyl (C=O) groups excluding carboxylic acids is 2. The third-order valence-electron chi connectivity index (χ3n) is 3.52. The maximum atomic E-state index is 12.4. The SMILES string of the molecule is CCCN(C(=O)[C@H]1CCC(=O)N1)C1CCNC1.Cl. The Labute approximate surface area is 114 Å². The van der Waals surface area contributed by atoms with Gasteiger partial charge >= 0.3 is 0 Å². The van der Waals surface area contributed by atoms with Gasteiger partial charge in [-0.3, -0.25) is 9.59 Å². The molecule has 2 heterocycles. The lowest BCUT2D eigenvalue weighted by molar-refractivity contribution is -0.136. The van der Waals surface area contributed by atoms with Gasteiger partial charge < -0.3 is 15.5 Å². The fraction of sp³-hybridized carbons (Fsp3) is 0.833. The zero-order chi connectivity index (χ0) is 12.3. The number of rotatable bonds is 4. The van der Waals surface area contributed by atoms with Crippen LogP contribution in [0.5, 0.6) is 0 Å². The van der Waals surface area contributed by atoms with E-state index in [1.54, 1.807) is 0 Å². The van der Waals surface area contributed by atoms with Crippen LogP contribution in [0.3, 0.4) is 0 Å². The molecular formula is C12H22ClN3O2. The predicted molar refractivity (Wildman–Crippen MR) is 71.7 cm³/mol. The fourth-order valence-corrected chi connectivity index (χ4v) is 2.62. The third-order valence-corrected chi connectivity index (χ3v) is 3.52. The quantitative estimate of drug-likeness (QED) is 0.775. The number of hydrogen-bond donors (Lipinski definition) is 2. The summed E-state index contributed by atoms with van der Waals surface area (Å²) in [4.78, 5) is 25.5. The molecule has 0 aromatic carbocycles. The second-order valence-corrected chi connectivity index (χ2v) is 4.84. The van der Waals surface area contributed by atoms with Crippen molar-refractivity contribution in [2.75, 3.05) is 19.6 Å². The number of halogens is 1. The van der Waals surface area contributed by atoms with Crippen molar-refractivity contribution in [3.63, 3.8) is 0 Å². The van der Waals surface area contributed by atoms with E-state index in [4.69, 9.17) is 0 Å². The average Bonchev–Trinajstić information content (AvgIpc) is 2.95. The van der Waals surface area contributed by atoms with E-state index in [-0.39, 0.29) is 30.3 Å². The lowest BCUT2D eigenvalue weighted by Crippen LogP contribution is -2.50. The molecule has 6 heteroatoms. The van der Waals surface area contributed by atoms with Crippen LogP contribution >= 0.6 is 12.4 Å². The normalized spacial score (nSPS) is 26.6. The molecular weight excluding hydrogens is 254 g/mol. The zero-order valence-corrected chi connectivity index (χ0v) is 11.6. The molecule has 2 aliphatic heterocycles. The molecule has 2 saturated heterocycles. The van der Waals surface area contributed by atoms with Crippen LogP contribution in [0.15, 0.2) is 0 Å². The molecule has 0 saturated carbocycles. The minimum absolute atomic E-state index is 0. The van der Waals surface area contributed by atoms with Gasteiger partial charge in [-0.05, 0) is 25.8 Å². The summed E-state index contributed by atoms with van der Waals surface area (Å²) in [5, 5.41) is 6.05. The van der Waals surface area contributed by atoms with E-state index in [1.807, 2.05) is 4.90 Å². The number of amides is 2. The molecule has 0 spiro atoms. The van der Waals surface area contributed by atoms with Crippen molar-refractivity contribution >= 4 is 24.2 Å². The van der Waals surface area contributed by atoms with Crippen LogP contribution in [0.4, 0.5) is 0 Å². The second-order valence-electron chi connectivity index (χ2n) is 4.84. The first kappa shape index (κ1) is 15.2. The summed E-state index contributed by atoms with van der Waals surface area (Å²) in [5.74, 6) is 0.107. The van der Waals surface area contributed by atoms with E-state index >= 15 is 0 Å². The molecule has 2 fully saturated rings. The minimum atomic E-state index is -0.283. The molecule has 18 heavy (non-hydrogen) atoms. The van der Waals surface area contributed by atoms with E-state index in [0.717, 1.165) is 32.5 Å². The maximum absolute atomic E-state index is 12.4. The number of nitrogens with one attached hydrogen (secondary N) is 2. The Bertz CT molecular complexity index is 306. The number of carbonyl (C=O) groups is 2. The maximum Gasteiger partial charge on any atom is 0.245 e. The lowest BCUT2D eigenvalue weighted by atomic mass is 10.1. The summed E-state index contributed by atoms with van der Waals surface area (Å²) in [6.45, 7) is 4.73. The van der Waals surface area contributed by atoms with Crippen LogP contribution in [0, 0.1) is 0 Å². The molecule has 0 bridgehead atoms. The van der Waals surface area contributed by atoms with E-state index in [1.165, 1.54) is 0 Å². The largest absolute Gasteiger partial charge is 0.344 e. The summed E-state index contributed by atoms with van der Waals surface area (Å²) in [6.07, 6.45) is 3.12. The molecule has 0 aromatic rings. The molecule has 0 aromatic heterocycles. The Morgan fingerprint density at radius 3 is 2.72 bits per heavy atom. The minimum Gasteiger partial charge on any atom is -0.344 e. The van der Waals surface area contributed by atoms with Crippen LogP contribution in [0.25, 0.3) is 0 Å². The summed E-state index contributed by atoms with van der Waals surface area (Å²) >= 11 is 0. The Morgan fingerprint density at radius 1 is 1.44 bits per heavy atom. The van der Waals surface area contributed by atoms with Gasteiger partial charge in [-0.15, -0.1) is 12.4 Å². The van der Waals surface area contributed by atoms with Crippen LogP contribution < -0.4 is 10.6 Å². The van der Waals surface area contributed by atoms with Crippen molar-refractivity contribution in [2.45, 2.75) is 44.7 Å². The van der Waals surface area contributed by atoms with Crippen LogP contribution in [0.1, 0.15) is 32.6 Å². The average molecular weight is 276 g/mol. The smallest absolute Gasteiger partial charge is 0.245 e. The first-order valence-electron chi connectivity index (χ1n) is 6.53. The number of nitrogens with zero attached hydrogens (tertiary/aromatic N) is 1. The molecule has 0 aliphatic carbocycles. The highest BCUT2D eigenvalue weighted by atomic mass is 35.5. The van der Waals surface area contributed by atoms with E-state index in [0.29, 0.717) is 18.9 Å². The standard InChI is InChI=1S/C12H21N3O2.ClH/c1-2-7-15(9-5-6-13-8-9)12(17)10-3-4-11(16)14-10;/h9-10,13H,2-8H2,1H3,(H,14,16);1H/t9?,10-;/m1./s1. The topological polar surface area (TPSA) is 61.4 Å². The van der Waals surface area contributed by atoms with Crippen molar-refractivity contribution in [2.24, 2.45) is 0 Å². The number of hydrogen-bond acceptors (Lipinski definition) is 3. The van der Waals surface area contributed by atoms with Crippen LogP contribution in [-0.4, -0.2) is 48.4 Å². The van der Waals surface area contributed by atoms with Gasteiger partial charge in [0.2, 0.25) is 11.8 Å². The summed E-state index contributed by atoms with van der Waals surface area (Å²) < 4.78 is 0. The van der Waals surface area contributed by atoms with E-state index < -0.39 is 0 Å².